The Morgan fingerprint density at radius 2 is 1.74 bits per heavy atom. The highest BCUT2D eigenvalue weighted by Gasteiger charge is 2.21. The third-order valence-corrected chi connectivity index (χ3v) is 3.79. The number of amides is 1. The number of hydrogen-bond acceptors (Lipinski definition) is 2. The zero-order valence-corrected chi connectivity index (χ0v) is 12.1. The van der Waals surface area contributed by atoms with Gasteiger partial charge < -0.3 is 4.90 Å². The molecule has 0 unspecified atom stereocenters. The van der Waals surface area contributed by atoms with Crippen LogP contribution in [0.4, 0.5) is 0 Å². The van der Waals surface area contributed by atoms with E-state index in [0.717, 1.165) is 31.7 Å². The Morgan fingerprint density at radius 1 is 1.11 bits per heavy atom. The smallest absolute Gasteiger partial charge is 0.253 e. The fourth-order valence-electron chi connectivity index (χ4n) is 2.44. The summed E-state index contributed by atoms with van der Waals surface area (Å²) in [5, 5.41) is 0. The first-order valence-corrected chi connectivity index (χ1v) is 7.29. The van der Waals surface area contributed by atoms with Gasteiger partial charge in [0.15, 0.2) is 0 Å². The van der Waals surface area contributed by atoms with Gasteiger partial charge in [0.05, 0.1) is 0 Å². The second-order valence-electron chi connectivity index (χ2n) is 5.35. The fraction of sp³-hybridized carbons (Fsp3) is 0.562. The van der Waals surface area contributed by atoms with E-state index in [9.17, 15) is 4.79 Å². The molecule has 0 spiro atoms. The highest BCUT2D eigenvalue weighted by molar-refractivity contribution is 5.94. The molecule has 0 atom stereocenters. The molecule has 104 valence electrons. The number of carbonyl (C=O) groups excluding carboxylic acids is 1. The Labute approximate surface area is 116 Å². The Morgan fingerprint density at radius 3 is 2.32 bits per heavy atom. The van der Waals surface area contributed by atoms with Gasteiger partial charge in [0.25, 0.3) is 5.91 Å². The number of nitrogens with zero attached hydrogens (tertiary/aromatic N) is 2. The maximum Gasteiger partial charge on any atom is 0.253 e. The van der Waals surface area contributed by atoms with Crippen molar-refractivity contribution in [1.82, 2.24) is 9.80 Å². The van der Waals surface area contributed by atoms with Gasteiger partial charge in [-0.05, 0) is 32.0 Å². The second-order valence-corrected chi connectivity index (χ2v) is 5.35. The minimum atomic E-state index is 0.176. The van der Waals surface area contributed by atoms with Crippen LogP contribution in [0.15, 0.2) is 24.3 Å². The number of carbonyl (C=O) groups is 1. The van der Waals surface area contributed by atoms with E-state index in [4.69, 9.17) is 0 Å². The van der Waals surface area contributed by atoms with Crippen molar-refractivity contribution in [1.29, 1.82) is 0 Å². The van der Waals surface area contributed by atoms with E-state index in [1.165, 1.54) is 24.9 Å². The van der Waals surface area contributed by atoms with Crippen molar-refractivity contribution in [3.63, 3.8) is 0 Å². The molecule has 0 bridgehead atoms. The highest BCUT2D eigenvalue weighted by atomic mass is 16.2. The van der Waals surface area contributed by atoms with E-state index in [2.05, 4.69) is 11.8 Å². The summed E-state index contributed by atoms with van der Waals surface area (Å²) in [6.45, 7) is 9.17. The summed E-state index contributed by atoms with van der Waals surface area (Å²) in [6, 6.07) is 7.87. The molecule has 0 N–H and O–H groups in total. The summed E-state index contributed by atoms with van der Waals surface area (Å²) < 4.78 is 0. The molecular formula is C16H24N2O. The molecule has 0 aromatic heterocycles. The fourth-order valence-corrected chi connectivity index (χ4v) is 2.44. The second kappa shape index (κ2) is 6.71. The molecule has 19 heavy (non-hydrogen) atoms. The summed E-state index contributed by atoms with van der Waals surface area (Å²) in [5.74, 6) is 0.176. The van der Waals surface area contributed by atoms with Gasteiger partial charge in [-0.15, -0.1) is 0 Å². The molecule has 3 heteroatoms. The monoisotopic (exact) mass is 260 g/mol. The molecule has 0 aliphatic carbocycles. The average molecular weight is 260 g/mol. The highest BCUT2D eigenvalue weighted by Crippen LogP contribution is 2.10. The van der Waals surface area contributed by atoms with Gasteiger partial charge in [-0.2, -0.15) is 0 Å². The zero-order valence-electron chi connectivity index (χ0n) is 12.1. The molecule has 0 saturated carbocycles. The first-order chi connectivity index (χ1) is 9.20. The lowest BCUT2D eigenvalue weighted by molar-refractivity contribution is 0.0635. The minimum Gasteiger partial charge on any atom is -0.336 e. The number of aryl methyl sites for hydroxylation is 1. The van der Waals surface area contributed by atoms with Gasteiger partial charge in [0.1, 0.15) is 0 Å². The molecule has 3 nitrogen and oxygen atoms in total. The van der Waals surface area contributed by atoms with Crippen LogP contribution < -0.4 is 0 Å². The van der Waals surface area contributed by atoms with Crippen LogP contribution in [0.5, 0.6) is 0 Å². The van der Waals surface area contributed by atoms with Crippen molar-refractivity contribution in [2.75, 3.05) is 32.7 Å². The first kappa shape index (κ1) is 14.1. The SMILES string of the molecule is CCCCN1CCN(C(=O)c2ccc(C)cc2)CC1. The lowest BCUT2D eigenvalue weighted by Gasteiger charge is -2.34. The normalized spacial score (nSPS) is 16.6. The van der Waals surface area contributed by atoms with Crippen molar-refractivity contribution in [3.8, 4) is 0 Å². The summed E-state index contributed by atoms with van der Waals surface area (Å²) in [5.41, 5.74) is 2.01. The van der Waals surface area contributed by atoms with E-state index in [-0.39, 0.29) is 5.91 Å². The summed E-state index contributed by atoms with van der Waals surface area (Å²) in [4.78, 5) is 16.8. The molecular weight excluding hydrogens is 236 g/mol. The number of unbranched alkanes of at least 4 members (excludes halogenated alkanes) is 1. The van der Waals surface area contributed by atoms with Gasteiger partial charge >= 0.3 is 0 Å². The van der Waals surface area contributed by atoms with Crippen molar-refractivity contribution >= 4 is 5.91 Å². The zero-order chi connectivity index (χ0) is 13.7. The first-order valence-electron chi connectivity index (χ1n) is 7.29. The van der Waals surface area contributed by atoms with Gasteiger partial charge in [-0.3, -0.25) is 9.69 Å². The molecule has 0 radical (unpaired) electrons. The van der Waals surface area contributed by atoms with Crippen LogP contribution in [0.3, 0.4) is 0 Å². The van der Waals surface area contributed by atoms with Gasteiger partial charge in [0, 0.05) is 31.7 Å². The van der Waals surface area contributed by atoms with Gasteiger partial charge in [-0.25, -0.2) is 0 Å². The third-order valence-electron chi connectivity index (χ3n) is 3.79. The molecule has 1 heterocycles. The lowest BCUT2D eigenvalue weighted by Crippen LogP contribution is -2.48. The van der Waals surface area contributed by atoms with E-state index in [1.54, 1.807) is 0 Å². The van der Waals surface area contributed by atoms with Crippen LogP contribution >= 0.6 is 0 Å². The predicted octanol–water partition coefficient (Wildman–Crippen LogP) is 2.55. The Hall–Kier alpha value is -1.35. The molecule has 1 fully saturated rings. The van der Waals surface area contributed by atoms with Crippen molar-refractivity contribution in [2.24, 2.45) is 0 Å². The Balaban J connectivity index is 1.87. The Kier molecular flexibility index (Phi) is 4.97. The van der Waals surface area contributed by atoms with Crippen molar-refractivity contribution in [2.45, 2.75) is 26.7 Å². The molecule has 2 rings (SSSR count). The van der Waals surface area contributed by atoms with Crippen LogP contribution in [0.2, 0.25) is 0 Å². The topological polar surface area (TPSA) is 23.6 Å². The Bertz CT molecular complexity index is 405. The standard InChI is InChI=1S/C16H24N2O/c1-3-4-9-17-10-12-18(13-11-17)16(19)15-7-5-14(2)6-8-15/h5-8H,3-4,9-13H2,1-2H3. The third kappa shape index (κ3) is 3.80. The lowest BCUT2D eigenvalue weighted by atomic mass is 10.1. The van der Waals surface area contributed by atoms with E-state index >= 15 is 0 Å². The van der Waals surface area contributed by atoms with Crippen LogP contribution in [0, 0.1) is 6.92 Å². The van der Waals surface area contributed by atoms with Crippen LogP contribution in [-0.4, -0.2) is 48.4 Å². The van der Waals surface area contributed by atoms with Crippen LogP contribution in [0.25, 0.3) is 0 Å². The van der Waals surface area contributed by atoms with E-state index < -0.39 is 0 Å². The van der Waals surface area contributed by atoms with Gasteiger partial charge in [0.2, 0.25) is 0 Å². The number of benzene rings is 1. The number of rotatable bonds is 4. The summed E-state index contributed by atoms with van der Waals surface area (Å²) in [6.07, 6.45) is 2.49. The summed E-state index contributed by atoms with van der Waals surface area (Å²) in [7, 11) is 0. The minimum absolute atomic E-state index is 0.176. The molecule has 1 saturated heterocycles. The van der Waals surface area contributed by atoms with E-state index in [1.807, 2.05) is 36.1 Å². The van der Waals surface area contributed by atoms with E-state index in [0.29, 0.717) is 0 Å². The van der Waals surface area contributed by atoms with Crippen LogP contribution in [-0.2, 0) is 0 Å². The maximum atomic E-state index is 12.3. The largest absolute Gasteiger partial charge is 0.336 e. The quantitative estimate of drug-likeness (QED) is 0.830. The molecule has 1 aromatic rings. The molecule has 1 aromatic carbocycles. The predicted molar refractivity (Wildman–Crippen MR) is 78.4 cm³/mol. The van der Waals surface area contributed by atoms with Crippen molar-refractivity contribution < 1.29 is 4.79 Å². The average Bonchev–Trinajstić information content (AvgIpc) is 2.46. The van der Waals surface area contributed by atoms with Crippen molar-refractivity contribution in [3.05, 3.63) is 35.4 Å². The maximum absolute atomic E-state index is 12.3. The molecule has 1 aliphatic heterocycles. The number of piperazine rings is 1. The molecule has 1 amide bonds. The summed E-state index contributed by atoms with van der Waals surface area (Å²) >= 11 is 0. The number of hydrogen-bond donors (Lipinski definition) is 0. The molecule has 1 aliphatic rings. The van der Waals surface area contributed by atoms with Gasteiger partial charge in [-0.1, -0.05) is 31.0 Å². The van der Waals surface area contributed by atoms with Crippen LogP contribution in [0.1, 0.15) is 35.7 Å².